The molecule has 3 heterocycles. The van der Waals surface area contributed by atoms with E-state index in [4.69, 9.17) is 14.1 Å². The van der Waals surface area contributed by atoms with E-state index in [1.165, 1.54) is 5.56 Å². The number of hydrogen-bond acceptors (Lipinski definition) is 7. The fraction of sp³-hybridized carbons (Fsp3) is 0.310. The van der Waals surface area contributed by atoms with Gasteiger partial charge in [0.2, 0.25) is 11.7 Å². The van der Waals surface area contributed by atoms with Gasteiger partial charge in [0.05, 0.1) is 6.61 Å². The van der Waals surface area contributed by atoms with E-state index < -0.39 is 5.97 Å². The molecule has 0 radical (unpaired) electrons. The number of fused-ring (bicyclic) bond motifs is 3. The summed E-state index contributed by atoms with van der Waals surface area (Å²) in [5, 5.41) is 13.0. The van der Waals surface area contributed by atoms with Crippen LogP contribution in [-0.4, -0.2) is 32.2 Å². The van der Waals surface area contributed by atoms with Crippen LogP contribution in [0, 0.1) is 12.8 Å². The monoisotopic (exact) mass is 497 g/mol. The number of carbonyl (C=O) groups excluding carboxylic acids is 1. The van der Waals surface area contributed by atoms with E-state index >= 15 is 0 Å². The van der Waals surface area contributed by atoms with Crippen molar-refractivity contribution < 1.29 is 13.9 Å². The fourth-order valence-electron chi connectivity index (χ4n) is 4.66. The Morgan fingerprint density at radius 1 is 1.05 bits per heavy atom. The number of ether oxygens (including phenoxy) is 1. The molecule has 0 aliphatic rings. The minimum atomic E-state index is -0.468. The number of esters is 1. The second-order valence-electron chi connectivity index (χ2n) is 9.64. The van der Waals surface area contributed by atoms with E-state index in [1.807, 2.05) is 34.7 Å². The predicted molar refractivity (Wildman–Crippen MR) is 143 cm³/mol. The van der Waals surface area contributed by atoms with Gasteiger partial charge in [0.15, 0.2) is 5.65 Å². The summed E-state index contributed by atoms with van der Waals surface area (Å²) in [6, 6.07) is 18.4. The normalized spacial score (nSPS) is 12.4. The number of furan rings is 1. The number of benzene rings is 2. The molecular weight excluding hydrogens is 466 g/mol. The molecular formula is C29H31N5O3. The van der Waals surface area contributed by atoms with Crippen LogP contribution in [0.4, 0.5) is 11.6 Å². The van der Waals surface area contributed by atoms with E-state index in [-0.39, 0.29) is 12.5 Å². The fourth-order valence-corrected chi connectivity index (χ4v) is 4.66. The second kappa shape index (κ2) is 10.0. The summed E-state index contributed by atoms with van der Waals surface area (Å²) in [5.41, 5.74) is 4.39. The molecule has 5 rings (SSSR count). The number of aromatic nitrogens is 4. The molecule has 0 aliphatic heterocycles. The summed E-state index contributed by atoms with van der Waals surface area (Å²) in [5.74, 6) is 1.67. The van der Waals surface area contributed by atoms with Crippen molar-refractivity contribution in [3.05, 3.63) is 82.9 Å². The number of para-hydroxylation sites is 1. The molecule has 0 saturated heterocycles. The highest BCUT2D eigenvalue weighted by atomic mass is 16.5. The molecule has 1 atom stereocenters. The van der Waals surface area contributed by atoms with Gasteiger partial charge < -0.3 is 14.5 Å². The Labute approximate surface area is 215 Å². The predicted octanol–water partition coefficient (Wildman–Crippen LogP) is 6.45. The van der Waals surface area contributed by atoms with Crippen LogP contribution in [0.2, 0.25) is 0 Å². The first-order valence-electron chi connectivity index (χ1n) is 12.6. The van der Waals surface area contributed by atoms with Gasteiger partial charge in [-0.1, -0.05) is 63.2 Å². The number of rotatable bonds is 8. The van der Waals surface area contributed by atoms with Crippen molar-refractivity contribution in [3.8, 4) is 0 Å². The standard InChI is InChI=1S/C29H31N5O3/c1-6-36-28(35)23-19(5)37-27-24(23)26-33-32-25(18(4)21-14-12-20(13-15-21)16-17(2)3)34(26)29(31-27)30-22-10-8-7-9-11-22/h7-15,17-18H,6,16H2,1-5H3,(H,30,31). The van der Waals surface area contributed by atoms with Gasteiger partial charge in [-0.3, -0.25) is 0 Å². The Morgan fingerprint density at radius 3 is 2.46 bits per heavy atom. The smallest absolute Gasteiger partial charge is 0.342 e. The molecule has 8 nitrogen and oxygen atoms in total. The minimum absolute atomic E-state index is 0.0854. The number of carbonyl (C=O) groups is 1. The molecule has 1 unspecified atom stereocenters. The Morgan fingerprint density at radius 2 is 1.78 bits per heavy atom. The SMILES string of the molecule is CCOC(=O)c1c(C)oc2nc(Nc3ccccc3)n3c(C(C)c4ccc(CC(C)C)cc4)nnc3c12. The van der Waals surface area contributed by atoms with Crippen LogP contribution in [0.5, 0.6) is 0 Å². The molecule has 1 N–H and O–H groups in total. The van der Waals surface area contributed by atoms with Crippen LogP contribution in [0.25, 0.3) is 16.7 Å². The average Bonchev–Trinajstić information content (AvgIpc) is 3.45. The lowest BCUT2D eigenvalue weighted by molar-refractivity contribution is 0.0526. The molecule has 3 aromatic heterocycles. The van der Waals surface area contributed by atoms with Gasteiger partial charge in [0, 0.05) is 11.6 Å². The maximum absolute atomic E-state index is 12.8. The molecule has 0 amide bonds. The van der Waals surface area contributed by atoms with Crippen molar-refractivity contribution >= 4 is 34.4 Å². The summed E-state index contributed by atoms with van der Waals surface area (Å²) in [6.45, 7) is 10.3. The summed E-state index contributed by atoms with van der Waals surface area (Å²) >= 11 is 0. The summed E-state index contributed by atoms with van der Waals surface area (Å²) in [4.78, 5) is 17.6. The molecule has 190 valence electrons. The van der Waals surface area contributed by atoms with E-state index in [0.29, 0.717) is 45.8 Å². The zero-order valence-electron chi connectivity index (χ0n) is 21.8. The van der Waals surface area contributed by atoms with E-state index in [9.17, 15) is 4.79 Å². The van der Waals surface area contributed by atoms with Gasteiger partial charge >= 0.3 is 5.97 Å². The first-order chi connectivity index (χ1) is 17.9. The van der Waals surface area contributed by atoms with Crippen LogP contribution < -0.4 is 5.32 Å². The first-order valence-corrected chi connectivity index (χ1v) is 12.6. The van der Waals surface area contributed by atoms with E-state index in [1.54, 1.807) is 13.8 Å². The van der Waals surface area contributed by atoms with Crippen molar-refractivity contribution in [1.82, 2.24) is 19.6 Å². The largest absolute Gasteiger partial charge is 0.462 e. The van der Waals surface area contributed by atoms with Gasteiger partial charge in [-0.05, 0) is 49.4 Å². The molecule has 0 spiro atoms. The third-order valence-corrected chi connectivity index (χ3v) is 6.42. The van der Waals surface area contributed by atoms with Crippen LogP contribution in [-0.2, 0) is 11.2 Å². The lowest BCUT2D eigenvalue weighted by Gasteiger charge is -2.15. The Hall–Kier alpha value is -4.20. The third kappa shape index (κ3) is 4.67. The highest BCUT2D eigenvalue weighted by molar-refractivity contribution is 6.09. The second-order valence-corrected chi connectivity index (χ2v) is 9.64. The van der Waals surface area contributed by atoms with Crippen molar-refractivity contribution in [2.75, 3.05) is 11.9 Å². The highest BCUT2D eigenvalue weighted by Crippen LogP contribution is 2.34. The zero-order chi connectivity index (χ0) is 26.1. The van der Waals surface area contributed by atoms with Crippen molar-refractivity contribution in [3.63, 3.8) is 0 Å². The van der Waals surface area contributed by atoms with Gasteiger partial charge in [-0.25, -0.2) is 9.20 Å². The molecule has 5 aromatic rings. The molecule has 37 heavy (non-hydrogen) atoms. The molecule has 0 aliphatic carbocycles. The van der Waals surface area contributed by atoms with Gasteiger partial charge in [0.1, 0.15) is 22.5 Å². The Kier molecular flexibility index (Phi) is 6.65. The van der Waals surface area contributed by atoms with Crippen molar-refractivity contribution in [2.24, 2.45) is 5.92 Å². The third-order valence-electron chi connectivity index (χ3n) is 6.42. The molecule has 8 heteroatoms. The van der Waals surface area contributed by atoms with Gasteiger partial charge in [-0.2, -0.15) is 4.98 Å². The van der Waals surface area contributed by atoms with E-state index in [2.05, 4.69) is 60.6 Å². The topological polar surface area (TPSA) is 94.5 Å². The lowest BCUT2D eigenvalue weighted by Crippen LogP contribution is -2.10. The molecule has 0 saturated carbocycles. The number of nitrogens with zero attached hydrogens (tertiary/aromatic N) is 4. The summed E-state index contributed by atoms with van der Waals surface area (Å²) in [7, 11) is 0. The van der Waals surface area contributed by atoms with Gasteiger partial charge in [0.25, 0.3) is 0 Å². The van der Waals surface area contributed by atoms with Crippen LogP contribution in [0.1, 0.15) is 66.7 Å². The Balaban J connectivity index is 1.69. The average molecular weight is 498 g/mol. The summed E-state index contributed by atoms with van der Waals surface area (Å²) in [6.07, 6.45) is 1.03. The van der Waals surface area contributed by atoms with Crippen LogP contribution in [0.15, 0.2) is 59.0 Å². The van der Waals surface area contributed by atoms with E-state index in [0.717, 1.165) is 17.7 Å². The van der Waals surface area contributed by atoms with Gasteiger partial charge in [-0.15, -0.1) is 10.2 Å². The van der Waals surface area contributed by atoms with Crippen LogP contribution >= 0.6 is 0 Å². The van der Waals surface area contributed by atoms with Crippen molar-refractivity contribution in [1.29, 1.82) is 0 Å². The zero-order valence-corrected chi connectivity index (χ0v) is 21.8. The number of aryl methyl sites for hydroxylation is 1. The Bertz CT molecular complexity index is 1550. The van der Waals surface area contributed by atoms with Crippen molar-refractivity contribution in [2.45, 2.75) is 47.0 Å². The summed E-state index contributed by atoms with van der Waals surface area (Å²) < 4.78 is 13.1. The molecule has 2 aromatic carbocycles. The first kappa shape index (κ1) is 24.5. The number of anilines is 2. The number of nitrogens with one attached hydrogen (secondary N) is 1. The maximum Gasteiger partial charge on any atom is 0.342 e. The highest BCUT2D eigenvalue weighted by Gasteiger charge is 2.28. The maximum atomic E-state index is 12.8. The minimum Gasteiger partial charge on any atom is -0.462 e. The van der Waals surface area contributed by atoms with Crippen LogP contribution in [0.3, 0.4) is 0 Å². The molecule has 0 fully saturated rings. The lowest BCUT2D eigenvalue weighted by atomic mass is 9.96. The number of hydrogen-bond donors (Lipinski definition) is 1. The molecule has 0 bridgehead atoms. The quantitative estimate of drug-likeness (QED) is 0.246.